The Morgan fingerprint density at radius 2 is 1.81 bits per heavy atom. The molecule has 0 bridgehead atoms. The van der Waals surface area contributed by atoms with Gasteiger partial charge in [-0.05, 0) is 46.2 Å². The molecule has 0 aromatic heterocycles. The average Bonchev–Trinajstić information content (AvgIpc) is 2.43. The van der Waals surface area contributed by atoms with Gasteiger partial charge >= 0.3 is 5.97 Å². The summed E-state index contributed by atoms with van der Waals surface area (Å²) in [4.78, 5) is 13.1. The van der Waals surface area contributed by atoms with Gasteiger partial charge in [0.25, 0.3) is 10.2 Å². The zero-order valence-corrected chi connectivity index (χ0v) is 13.5. The van der Waals surface area contributed by atoms with Crippen molar-refractivity contribution in [3.05, 3.63) is 0 Å². The number of likely N-dealkylation sites (tertiary alicyclic amines) is 1. The Labute approximate surface area is 126 Å². The monoisotopic (exact) mass is 319 g/mol. The summed E-state index contributed by atoms with van der Waals surface area (Å²) in [6.45, 7) is 3.55. The Bertz CT molecular complexity index is 474. The minimum Gasteiger partial charge on any atom is -0.481 e. The van der Waals surface area contributed by atoms with E-state index in [1.165, 1.54) is 4.31 Å². The molecule has 2 heterocycles. The first-order valence-corrected chi connectivity index (χ1v) is 8.94. The van der Waals surface area contributed by atoms with Gasteiger partial charge in [0.05, 0.1) is 5.92 Å². The number of rotatable bonds is 4. The number of carboxylic acids is 1. The maximum atomic E-state index is 12.4. The molecule has 2 N–H and O–H groups in total. The summed E-state index contributed by atoms with van der Waals surface area (Å²) in [5, 5.41) is 8.95. The number of piperidine rings is 2. The van der Waals surface area contributed by atoms with E-state index in [1.54, 1.807) is 0 Å². The van der Waals surface area contributed by atoms with Gasteiger partial charge in [0.2, 0.25) is 0 Å². The predicted molar refractivity (Wildman–Crippen MR) is 79.1 cm³/mol. The lowest BCUT2D eigenvalue weighted by Crippen LogP contribution is -2.52. The van der Waals surface area contributed by atoms with E-state index in [4.69, 9.17) is 5.11 Å². The van der Waals surface area contributed by atoms with Crippen molar-refractivity contribution >= 4 is 16.2 Å². The molecule has 2 saturated heterocycles. The van der Waals surface area contributed by atoms with Gasteiger partial charge in [-0.1, -0.05) is 0 Å². The second kappa shape index (κ2) is 6.60. The zero-order valence-electron chi connectivity index (χ0n) is 12.7. The van der Waals surface area contributed by atoms with Crippen molar-refractivity contribution in [3.63, 3.8) is 0 Å². The Morgan fingerprint density at radius 1 is 1.19 bits per heavy atom. The molecule has 0 amide bonds. The molecule has 2 rings (SSSR count). The molecule has 8 heteroatoms. The van der Waals surface area contributed by atoms with Crippen LogP contribution in [0.15, 0.2) is 0 Å². The third-order valence-corrected chi connectivity index (χ3v) is 6.34. The largest absolute Gasteiger partial charge is 0.481 e. The van der Waals surface area contributed by atoms with Crippen LogP contribution in [-0.4, -0.2) is 67.5 Å². The summed E-state index contributed by atoms with van der Waals surface area (Å²) in [6, 6.07) is 0.336. The standard InChI is InChI=1S/C13H25N3O4S/c1-10-9-12(5-6-15(10)2)14-21(19,20)16-7-3-11(4-8-16)13(17)18/h10-12,14H,3-9H2,1-2H3,(H,17,18). The van der Waals surface area contributed by atoms with Gasteiger partial charge in [-0.3, -0.25) is 4.79 Å². The first-order chi connectivity index (χ1) is 9.79. The summed E-state index contributed by atoms with van der Waals surface area (Å²) in [5.41, 5.74) is 0. The van der Waals surface area contributed by atoms with Crippen LogP contribution in [0.3, 0.4) is 0 Å². The van der Waals surface area contributed by atoms with Gasteiger partial charge in [0.1, 0.15) is 0 Å². The van der Waals surface area contributed by atoms with Crippen LogP contribution in [0.5, 0.6) is 0 Å². The lowest BCUT2D eigenvalue weighted by atomic mass is 9.99. The first-order valence-electron chi connectivity index (χ1n) is 7.50. The van der Waals surface area contributed by atoms with Gasteiger partial charge in [0.15, 0.2) is 0 Å². The maximum absolute atomic E-state index is 12.4. The predicted octanol–water partition coefficient (Wildman–Crippen LogP) is 0.100. The molecule has 2 aliphatic heterocycles. The lowest BCUT2D eigenvalue weighted by molar-refractivity contribution is -0.142. The van der Waals surface area contributed by atoms with Crippen LogP contribution in [0.25, 0.3) is 0 Å². The van der Waals surface area contributed by atoms with Gasteiger partial charge < -0.3 is 10.0 Å². The molecule has 0 aromatic carbocycles. The van der Waals surface area contributed by atoms with Crippen molar-refractivity contribution < 1.29 is 18.3 Å². The fourth-order valence-corrected chi connectivity index (χ4v) is 4.50. The topological polar surface area (TPSA) is 90.0 Å². The number of carbonyl (C=O) groups is 1. The summed E-state index contributed by atoms with van der Waals surface area (Å²) in [6.07, 6.45) is 2.40. The number of carboxylic acid groups (broad SMARTS) is 1. The van der Waals surface area contributed by atoms with Gasteiger partial charge in [-0.15, -0.1) is 0 Å². The average molecular weight is 319 g/mol. The van der Waals surface area contributed by atoms with Crippen LogP contribution in [0, 0.1) is 5.92 Å². The number of nitrogens with one attached hydrogen (secondary N) is 1. The smallest absolute Gasteiger partial charge is 0.306 e. The molecule has 0 spiro atoms. The highest BCUT2D eigenvalue weighted by molar-refractivity contribution is 7.87. The third kappa shape index (κ3) is 4.15. The van der Waals surface area contributed by atoms with Gasteiger partial charge in [-0.25, -0.2) is 0 Å². The summed E-state index contributed by atoms with van der Waals surface area (Å²) in [7, 11) is -1.45. The van der Waals surface area contributed by atoms with Gasteiger partial charge in [0, 0.05) is 25.2 Å². The Hall–Kier alpha value is -0.700. The maximum Gasteiger partial charge on any atom is 0.306 e. The van der Waals surface area contributed by atoms with E-state index < -0.39 is 22.1 Å². The van der Waals surface area contributed by atoms with Crippen molar-refractivity contribution in [1.82, 2.24) is 13.9 Å². The van der Waals surface area contributed by atoms with Crippen LogP contribution >= 0.6 is 0 Å². The molecule has 2 fully saturated rings. The third-order valence-electron chi connectivity index (χ3n) is 4.67. The van der Waals surface area contributed by atoms with Crippen molar-refractivity contribution in [3.8, 4) is 0 Å². The van der Waals surface area contributed by atoms with Crippen LogP contribution in [0.4, 0.5) is 0 Å². The number of aliphatic carboxylic acids is 1. The fourth-order valence-electron chi connectivity index (χ4n) is 3.02. The second-order valence-corrected chi connectivity index (χ2v) is 7.89. The first kappa shape index (κ1) is 16.7. The molecule has 21 heavy (non-hydrogen) atoms. The van der Waals surface area contributed by atoms with E-state index in [0.29, 0.717) is 18.9 Å². The van der Waals surface area contributed by atoms with Gasteiger partial charge in [-0.2, -0.15) is 17.4 Å². The fraction of sp³-hybridized carbons (Fsp3) is 0.923. The molecular weight excluding hydrogens is 294 g/mol. The summed E-state index contributed by atoms with van der Waals surface area (Å²) < 4.78 is 28.9. The summed E-state index contributed by atoms with van der Waals surface area (Å²) >= 11 is 0. The molecular formula is C13H25N3O4S. The van der Waals surface area contributed by atoms with E-state index in [0.717, 1.165) is 19.4 Å². The second-order valence-electron chi connectivity index (χ2n) is 6.19. The minimum atomic E-state index is -3.50. The van der Waals surface area contributed by atoms with Crippen LogP contribution in [-0.2, 0) is 15.0 Å². The SMILES string of the molecule is CC1CC(NS(=O)(=O)N2CCC(C(=O)O)CC2)CCN1C. The van der Waals surface area contributed by atoms with Crippen LogP contribution < -0.4 is 4.72 Å². The molecule has 2 aliphatic rings. The van der Waals surface area contributed by atoms with Crippen LogP contribution in [0.1, 0.15) is 32.6 Å². The van der Waals surface area contributed by atoms with E-state index in [-0.39, 0.29) is 19.1 Å². The molecule has 0 radical (unpaired) electrons. The molecule has 0 saturated carbocycles. The molecule has 0 aromatic rings. The van der Waals surface area contributed by atoms with E-state index in [9.17, 15) is 13.2 Å². The molecule has 2 atom stereocenters. The molecule has 2 unspecified atom stereocenters. The Morgan fingerprint density at radius 3 is 2.33 bits per heavy atom. The number of hydrogen-bond acceptors (Lipinski definition) is 4. The quantitative estimate of drug-likeness (QED) is 0.767. The zero-order chi connectivity index (χ0) is 15.6. The lowest BCUT2D eigenvalue weighted by Gasteiger charge is -2.37. The molecule has 0 aliphatic carbocycles. The van der Waals surface area contributed by atoms with E-state index in [2.05, 4.69) is 16.5 Å². The highest BCUT2D eigenvalue weighted by atomic mass is 32.2. The van der Waals surface area contributed by atoms with Crippen molar-refractivity contribution in [2.24, 2.45) is 5.92 Å². The highest BCUT2D eigenvalue weighted by Crippen LogP contribution is 2.21. The Balaban J connectivity index is 1.89. The minimum absolute atomic E-state index is 0.0293. The van der Waals surface area contributed by atoms with Crippen LogP contribution in [0.2, 0.25) is 0 Å². The van der Waals surface area contributed by atoms with E-state index in [1.807, 2.05) is 7.05 Å². The number of nitrogens with zero attached hydrogens (tertiary/aromatic N) is 2. The van der Waals surface area contributed by atoms with Crippen molar-refractivity contribution in [2.45, 2.75) is 44.7 Å². The van der Waals surface area contributed by atoms with Crippen molar-refractivity contribution in [1.29, 1.82) is 0 Å². The molecule has 7 nitrogen and oxygen atoms in total. The molecule has 122 valence electrons. The summed E-state index contributed by atoms with van der Waals surface area (Å²) in [5.74, 6) is -1.25. The van der Waals surface area contributed by atoms with E-state index >= 15 is 0 Å². The highest BCUT2D eigenvalue weighted by Gasteiger charge is 2.33. The Kier molecular flexibility index (Phi) is 5.24. The number of hydrogen-bond donors (Lipinski definition) is 2. The normalized spacial score (nSPS) is 30.4. The van der Waals surface area contributed by atoms with Crippen molar-refractivity contribution in [2.75, 3.05) is 26.7 Å².